The molecule has 3 rings (SSSR count). The molecule has 0 fully saturated rings. The molecule has 0 N–H and O–H groups in total. The maximum Gasteiger partial charge on any atom is 0.387 e. The highest BCUT2D eigenvalue weighted by Crippen LogP contribution is 2.26. The summed E-state index contributed by atoms with van der Waals surface area (Å²) in [5.41, 5.74) is 0.280. The van der Waals surface area contributed by atoms with E-state index in [4.69, 9.17) is 4.74 Å². The molecule has 0 spiro atoms. The Kier molecular flexibility index (Phi) is 5.39. The van der Waals surface area contributed by atoms with Crippen LogP contribution >= 0.6 is 0 Å². The molecule has 2 aromatic rings. The number of ether oxygens (including phenoxy) is 3. The minimum absolute atomic E-state index is 0.127. The van der Waals surface area contributed by atoms with Gasteiger partial charge in [0.1, 0.15) is 11.5 Å². The summed E-state index contributed by atoms with van der Waals surface area (Å²) in [6.45, 7) is -6.04. The minimum Gasteiger partial charge on any atom is -0.435 e. The van der Waals surface area contributed by atoms with E-state index >= 15 is 0 Å². The van der Waals surface area contributed by atoms with Crippen molar-refractivity contribution in [2.75, 3.05) is 0 Å². The van der Waals surface area contributed by atoms with E-state index < -0.39 is 19.2 Å². The summed E-state index contributed by atoms with van der Waals surface area (Å²) in [5, 5.41) is 0. The Morgan fingerprint density at radius 3 is 2.44 bits per heavy atom. The van der Waals surface area contributed by atoms with Gasteiger partial charge in [-0.25, -0.2) is 9.79 Å². The molecule has 27 heavy (non-hydrogen) atoms. The standard InChI is InChI=1S/C18H11F4NO4/c19-17(20)25-12-6-3-5-11(8-12)15-23-13(16(24)27-15)9-10-4-1-2-7-14(10)26-18(21)22/h1-9,17-18H/b13-9-. The first-order chi connectivity index (χ1) is 12.9. The Bertz CT molecular complexity index is 912. The van der Waals surface area contributed by atoms with Crippen molar-refractivity contribution in [3.05, 3.63) is 65.4 Å². The Morgan fingerprint density at radius 1 is 0.963 bits per heavy atom. The van der Waals surface area contributed by atoms with Crippen molar-refractivity contribution in [2.45, 2.75) is 13.2 Å². The lowest BCUT2D eigenvalue weighted by Crippen LogP contribution is -2.07. The van der Waals surface area contributed by atoms with Crippen LogP contribution in [0.15, 0.2) is 59.2 Å². The van der Waals surface area contributed by atoms with Crippen LogP contribution < -0.4 is 9.47 Å². The van der Waals surface area contributed by atoms with Crippen LogP contribution in [0.4, 0.5) is 17.6 Å². The SMILES string of the molecule is O=C1OC(c2cccc(OC(F)F)c2)=N/C1=C\c1ccccc1OC(F)F. The number of nitrogens with zero attached hydrogens (tertiary/aromatic N) is 1. The third-order valence-corrected chi connectivity index (χ3v) is 3.35. The molecule has 0 amide bonds. The molecule has 0 bridgehead atoms. The van der Waals surface area contributed by atoms with Crippen LogP contribution in [-0.4, -0.2) is 25.1 Å². The largest absolute Gasteiger partial charge is 0.435 e. The average Bonchev–Trinajstić information content (AvgIpc) is 2.97. The van der Waals surface area contributed by atoms with Crippen molar-refractivity contribution in [1.82, 2.24) is 0 Å². The number of alkyl halides is 4. The van der Waals surface area contributed by atoms with Crippen LogP contribution in [0, 0.1) is 0 Å². The fraction of sp³-hybridized carbons (Fsp3) is 0.111. The smallest absolute Gasteiger partial charge is 0.387 e. The number of cyclic esters (lactones) is 1. The van der Waals surface area contributed by atoms with Gasteiger partial charge in [-0.15, -0.1) is 0 Å². The number of para-hydroxylation sites is 1. The van der Waals surface area contributed by atoms with Gasteiger partial charge in [0.05, 0.1) is 0 Å². The predicted octanol–water partition coefficient (Wildman–Crippen LogP) is 4.23. The summed E-state index contributed by atoms with van der Waals surface area (Å²) >= 11 is 0. The van der Waals surface area contributed by atoms with Gasteiger partial charge >= 0.3 is 19.2 Å². The van der Waals surface area contributed by atoms with Crippen LogP contribution in [0.1, 0.15) is 11.1 Å². The Morgan fingerprint density at radius 2 is 1.70 bits per heavy atom. The molecular formula is C18H11F4NO4. The fourth-order valence-corrected chi connectivity index (χ4v) is 2.29. The zero-order valence-electron chi connectivity index (χ0n) is 13.4. The van der Waals surface area contributed by atoms with Crippen molar-refractivity contribution >= 4 is 17.9 Å². The summed E-state index contributed by atoms with van der Waals surface area (Å²) in [4.78, 5) is 16.0. The first-order valence-corrected chi connectivity index (χ1v) is 7.54. The molecule has 1 aliphatic heterocycles. The lowest BCUT2D eigenvalue weighted by atomic mass is 10.1. The molecule has 0 atom stereocenters. The number of hydrogen-bond donors (Lipinski definition) is 0. The molecule has 0 unspecified atom stereocenters. The first kappa shape index (κ1) is 18.4. The van der Waals surface area contributed by atoms with Crippen molar-refractivity contribution in [2.24, 2.45) is 4.99 Å². The van der Waals surface area contributed by atoms with Crippen LogP contribution in [0.3, 0.4) is 0 Å². The number of rotatable bonds is 6. The lowest BCUT2D eigenvalue weighted by Gasteiger charge is -2.07. The van der Waals surface area contributed by atoms with Crippen molar-refractivity contribution in [3.63, 3.8) is 0 Å². The van der Waals surface area contributed by atoms with Crippen LogP contribution in [-0.2, 0) is 9.53 Å². The second kappa shape index (κ2) is 7.90. The quantitative estimate of drug-likeness (QED) is 0.427. The molecule has 2 aromatic carbocycles. The molecule has 0 aliphatic carbocycles. The summed E-state index contributed by atoms with van der Waals surface area (Å²) < 4.78 is 63.3. The number of aliphatic imine (C=N–C) groups is 1. The molecule has 0 radical (unpaired) electrons. The van der Waals surface area contributed by atoms with Gasteiger partial charge in [0.15, 0.2) is 5.70 Å². The molecule has 0 aromatic heterocycles. The number of benzene rings is 2. The second-order valence-corrected chi connectivity index (χ2v) is 5.16. The summed E-state index contributed by atoms with van der Waals surface area (Å²) in [7, 11) is 0. The monoisotopic (exact) mass is 381 g/mol. The molecule has 1 heterocycles. The van der Waals surface area contributed by atoms with E-state index in [0.717, 1.165) is 0 Å². The summed E-state index contributed by atoms with van der Waals surface area (Å²) in [6.07, 6.45) is 1.23. The van der Waals surface area contributed by atoms with Gasteiger partial charge in [-0.2, -0.15) is 17.6 Å². The number of esters is 1. The predicted molar refractivity (Wildman–Crippen MR) is 86.8 cm³/mol. The van der Waals surface area contributed by atoms with Crippen LogP contribution in [0.25, 0.3) is 6.08 Å². The van der Waals surface area contributed by atoms with Crippen molar-refractivity contribution in [3.8, 4) is 11.5 Å². The Balaban J connectivity index is 1.90. The molecule has 5 nitrogen and oxygen atoms in total. The number of hydrogen-bond acceptors (Lipinski definition) is 5. The van der Waals surface area contributed by atoms with Gasteiger partial charge in [0.25, 0.3) is 0 Å². The maximum absolute atomic E-state index is 12.5. The molecule has 140 valence electrons. The molecule has 0 saturated heterocycles. The van der Waals surface area contributed by atoms with Gasteiger partial charge < -0.3 is 14.2 Å². The molecule has 1 aliphatic rings. The van der Waals surface area contributed by atoms with Gasteiger partial charge in [0, 0.05) is 11.1 Å². The fourth-order valence-electron chi connectivity index (χ4n) is 2.29. The van der Waals surface area contributed by atoms with E-state index in [1.807, 2.05) is 0 Å². The number of halogens is 4. The van der Waals surface area contributed by atoms with Crippen LogP contribution in [0.2, 0.25) is 0 Å². The normalized spacial score (nSPS) is 15.3. The third kappa shape index (κ3) is 4.63. The van der Waals surface area contributed by atoms with Gasteiger partial charge in [-0.1, -0.05) is 24.3 Å². The van der Waals surface area contributed by atoms with E-state index in [2.05, 4.69) is 14.5 Å². The number of carbonyl (C=O) groups excluding carboxylic acids is 1. The topological polar surface area (TPSA) is 57.1 Å². The van der Waals surface area contributed by atoms with E-state index in [0.29, 0.717) is 0 Å². The maximum atomic E-state index is 12.5. The molecular weight excluding hydrogens is 370 g/mol. The first-order valence-electron chi connectivity index (χ1n) is 7.54. The second-order valence-electron chi connectivity index (χ2n) is 5.16. The van der Waals surface area contributed by atoms with E-state index in [9.17, 15) is 22.4 Å². The highest BCUT2D eigenvalue weighted by Gasteiger charge is 2.25. The highest BCUT2D eigenvalue weighted by molar-refractivity contribution is 6.13. The molecule has 0 saturated carbocycles. The molecule has 9 heteroatoms. The summed E-state index contributed by atoms with van der Waals surface area (Å²) in [5.74, 6) is -1.21. The van der Waals surface area contributed by atoms with E-state index in [-0.39, 0.29) is 34.2 Å². The van der Waals surface area contributed by atoms with E-state index in [1.165, 1.54) is 48.5 Å². The van der Waals surface area contributed by atoms with E-state index in [1.54, 1.807) is 6.07 Å². The van der Waals surface area contributed by atoms with Crippen molar-refractivity contribution < 1.29 is 36.6 Å². The third-order valence-electron chi connectivity index (χ3n) is 3.35. The lowest BCUT2D eigenvalue weighted by molar-refractivity contribution is -0.129. The minimum atomic E-state index is -3.03. The number of carbonyl (C=O) groups is 1. The van der Waals surface area contributed by atoms with Crippen molar-refractivity contribution in [1.29, 1.82) is 0 Å². The zero-order chi connectivity index (χ0) is 19.4. The Hall–Kier alpha value is -3.36. The zero-order valence-corrected chi connectivity index (χ0v) is 13.4. The average molecular weight is 381 g/mol. The summed E-state index contributed by atoms with van der Waals surface area (Å²) in [6, 6.07) is 11.3. The van der Waals surface area contributed by atoms with Gasteiger partial charge in [0.2, 0.25) is 5.90 Å². The van der Waals surface area contributed by atoms with Gasteiger partial charge in [-0.05, 0) is 30.3 Å². The highest BCUT2D eigenvalue weighted by atomic mass is 19.3. The Labute approximate surface area is 150 Å². The van der Waals surface area contributed by atoms with Crippen LogP contribution in [0.5, 0.6) is 11.5 Å². The van der Waals surface area contributed by atoms with Gasteiger partial charge in [-0.3, -0.25) is 0 Å².